The Bertz CT molecular complexity index is 1190. The minimum absolute atomic E-state index is 0.153. The summed E-state index contributed by atoms with van der Waals surface area (Å²) in [6.07, 6.45) is 0.967. The smallest absolute Gasteiger partial charge is 0.270 e. The molecule has 1 amide bonds. The number of carbonyl (C=O) groups excluding carboxylic acids is 1. The van der Waals surface area contributed by atoms with Crippen LogP contribution in [0.15, 0.2) is 66.7 Å². The molecule has 0 aromatic heterocycles. The molecule has 1 atom stereocenters. The van der Waals surface area contributed by atoms with E-state index in [1.807, 2.05) is 18.2 Å². The van der Waals surface area contributed by atoms with Crippen LogP contribution >= 0.6 is 11.6 Å². The second-order valence-corrected chi connectivity index (χ2v) is 9.06. The van der Waals surface area contributed by atoms with Crippen LogP contribution in [0, 0.1) is 16.0 Å². The van der Waals surface area contributed by atoms with Crippen molar-refractivity contribution in [2.75, 3.05) is 23.3 Å². The van der Waals surface area contributed by atoms with Gasteiger partial charge in [0.25, 0.3) is 11.6 Å². The minimum Gasteiger partial charge on any atom is -0.384 e. The number of amides is 1. The summed E-state index contributed by atoms with van der Waals surface area (Å²) >= 11 is 6.19. The highest BCUT2D eigenvalue weighted by Gasteiger charge is 2.25. The second-order valence-electron chi connectivity index (χ2n) is 8.63. The van der Waals surface area contributed by atoms with Crippen molar-refractivity contribution in [3.8, 4) is 0 Å². The summed E-state index contributed by atoms with van der Waals surface area (Å²) in [4.78, 5) is 26.4. The van der Waals surface area contributed by atoms with Crippen LogP contribution in [0.2, 0.25) is 5.02 Å². The first-order valence-electron chi connectivity index (χ1n) is 11.2. The number of benzene rings is 3. The quantitative estimate of drug-likeness (QED) is 0.343. The predicted molar refractivity (Wildman–Crippen MR) is 134 cm³/mol. The molecule has 0 spiro atoms. The van der Waals surface area contributed by atoms with Crippen molar-refractivity contribution < 1.29 is 14.8 Å². The molecule has 8 heteroatoms. The number of nitrogens with one attached hydrogen (secondary N) is 1. The standard InChI is InChI=1S/C26H26ClN3O4/c1-17-11-13-29(14-12-17)24-10-8-20(30(33)34)16-22(24)26(32)28-23-9-7-19(27)15-21(23)25(31)18-5-3-2-4-6-18/h2-10,15-17,25,31H,11-14H2,1H3,(H,28,32). The molecule has 0 aliphatic carbocycles. The molecule has 1 aliphatic heterocycles. The molecule has 4 rings (SSSR count). The molecule has 1 aliphatic rings. The SMILES string of the molecule is CC1CCN(c2ccc([N+](=O)[O-])cc2C(=O)Nc2ccc(Cl)cc2C(O)c2ccccc2)CC1. The summed E-state index contributed by atoms with van der Waals surface area (Å²) in [5.74, 6) is 0.115. The molecule has 0 bridgehead atoms. The number of hydrogen-bond acceptors (Lipinski definition) is 5. The van der Waals surface area contributed by atoms with Crippen LogP contribution in [0.3, 0.4) is 0 Å². The van der Waals surface area contributed by atoms with Crippen LogP contribution in [0.5, 0.6) is 0 Å². The summed E-state index contributed by atoms with van der Waals surface area (Å²) < 4.78 is 0. The molecule has 1 fully saturated rings. The van der Waals surface area contributed by atoms with Gasteiger partial charge in [-0.1, -0.05) is 48.9 Å². The average molecular weight is 480 g/mol. The molecule has 3 aromatic rings. The van der Waals surface area contributed by atoms with Crippen molar-refractivity contribution in [2.24, 2.45) is 5.92 Å². The number of anilines is 2. The molecule has 34 heavy (non-hydrogen) atoms. The van der Waals surface area contributed by atoms with Gasteiger partial charge in [-0.05, 0) is 48.6 Å². The average Bonchev–Trinajstić information content (AvgIpc) is 2.85. The van der Waals surface area contributed by atoms with Crippen molar-refractivity contribution in [3.63, 3.8) is 0 Å². The lowest BCUT2D eigenvalue weighted by Crippen LogP contribution is -2.34. The Morgan fingerprint density at radius 3 is 2.50 bits per heavy atom. The molecular weight excluding hydrogens is 454 g/mol. The Morgan fingerprint density at radius 2 is 1.82 bits per heavy atom. The fourth-order valence-corrected chi connectivity index (χ4v) is 4.40. The lowest BCUT2D eigenvalue weighted by atomic mass is 9.97. The molecule has 0 saturated carbocycles. The van der Waals surface area contributed by atoms with Crippen molar-refractivity contribution in [1.82, 2.24) is 0 Å². The van der Waals surface area contributed by atoms with E-state index in [0.717, 1.165) is 25.9 Å². The van der Waals surface area contributed by atoms with Gasteiger partial charge in [-0.25, -0.2) is 0 Å². The van der Waals surface area contributed by atoms with E-state index in [2.05, 4.69) is 17.1 Å². The van der Waals surface area contributed by atoms with Crippen LogP contribution in [-0.4, -0.2) is 29.0 Å². The third-order valence-electron chi connectivity index (χ3n) is 6.23. The van der Waals surface area contributed by atoms with E-state index in [9.17, 15) is 20.0 Å². The summed E-state index contributed by atoms with van der Waals surface area (Å²) in [6, 6.07) is 18.3. The topological polar surface area (TPSA) is 95.7 Å². The third-order valence-corrected chi connectivity index (χ3v) is 6.47. The van der Waals surface area contributed by atoms with E-state index in [4.69, 9.17) is 11.6 Å². The number of hydrogen-bond donors (Lipinski definition) is 2. The van der Waals surface area contributed by atoms with E-state index in [0.29, 0.717) is 33.4 Å². The maximum atomic E-state index is 13.4. The van der Waals surface area contributed by atoms with Crippen LogP contribution in [0.25, 0.3) is 0 Å². The highest BCUT2D eigenvalue weighted by molar-refractivity contribution is 6.30. The number of rotatable bonds is 6. The zero-order valence-corrected chi connectivity index (χ0v) is 19.5. The van der Waals surface area contributed by atoms with Crippen molar-refractivity contribution in [1.29, 1.82) is 0 Å². The fraction of sp³-hybridized carbons (Fsp3) is 0.269. The molecule has 0 radical (unpaired) electrons. The number of nitro groups is 1. The van der Waals surface area contributed by atoms with Gasteiger partial charge in [0.2, 0.25) is 0 Å². The van der Waals surface area contributed by atoms with Gasteiger partial charge in [0.15, 0.2) is 0 Å². The lowest BCUT2D eigenvalue weighted by molar-refractivity contribution is -0.384. The van der Waals surface area contributed by atoms with Gasteiger partial charge in [-0.3, -0.25) is 14.9 Å². The number of nitrogens with zero attached hydrogens (tertiary/aromatic N) is 2. The number of halogens is 1. The first kappa shape index (κ1) is 23.7. The largest absolute Gasteiger partial charge is 0.384 e. The lowest BCUT2D eigenvalue weighted by Gasteiger charge is -2.33. The molecule has 1 saturated heterocycles. The maximum absolute atomic E-state index is 13.4. The Balaban J connectivity index is 1.69. The van der Waals surface area contributed by atoms with E-state index in [1.165, 1.54) is 12.1 Å². The van der Waals surface area contributed by atoms with Crippen molar-refractivity contribution in [2.45, 2.75) is 25.9 Å². The van der Waals surface area contributed by atoms with Crippen molar-refractivity contribution in [3.05, 3.63) is 98.6 Å². The Kier molecular flexibility index (Phi) is 7.14. The van der Waals surface area contributed by atoms with Gasteiger partial charge in [-0.2, -0.15) is 0 Å². The zero-order valence-electron chi connectivity index (χ0n) is 18.8. The molecule has 1 unspecified atom stereocenters. The Morgan fingerprint density at radius 1 is 1.12 bits per heavy atom. The summed E-state index contributed by atoms with van der Waals surface area (Å²) in [7, 11) is 0. The number of aliphatic hydroxyl groups excluding tert-OH is 1. The fourth-order valence-electron chi connectivity index (χ4n) is 4.22. The highest BCUT2D eigenvalue weighted by atomic mass is 35.5. The van der Waals surface area contributed by atoms with Gasteiger partial charge in [0, 0.05) is 41.5 Å². The van der Waals surface area contributed by atoms with Gasteiger partial charge < -0.3 is 15.3 Å². The van der Waals surface area contributed by atoms with E-state index >= 15 is 0 Å². The van der Waals surface area contributed by atoms with Crippen LogP contribution < -0.4 is 10.2 Å². The number of piperidine rings is 1. The molecule has 3 aromatic carbocycles. The number of non-ortho nitro benzene ring substituents is 1. The maximum Gasteiger partial charge on any atom is 0.270 e. The van der Waals surface area contributed by atoms with Gasteiger partial charge in [0.05, 0.1) is 16.2 Å². The van der Waals surface area contributed by atoms with Crippen LogP contribution in [0.1, 0.15) is 47.4 Å². The van der Waals surface area contributed by atoms with Crippen molar-refractivity contribution >= 4 is 34.6 Å². The second kappa shape index (κ2) is 10.2. The monoisotopic (exact) mass is 479 g/mol. The van der Waals surface area contributed by atoms with E-state index < -0.39 is 16.9 Å². The summed E-state index contributed by atoms with van der Waals surface area (Å²) in [5.41, 5.74) is 2.20. The Labute approximate surface area is 203 Å². The summed E-state index contributed by atoms with van der Waals surface area (Å²) in [5, 5.41) is 25.7. The van der Waals surface area contributed by atoms with Gasteiger partial charge >= 0.3 is 0 Å². The number of carbonyl (C=O) groups is 1. The number of aliphatic hydroxyl groups is 1. The molecule has 176 valence electrons. The highest BCUT2D eigenvalue weighted by Crippen LogP contribution is 2.33. The molecule has 7 nitrogen and oxygen atoms in total. The zero-order chi connectivity index (χ0) is 24.2. The molecular formula is C26H26ClN3O4. The number of nitro benzene ring substituents is 1. The van der Waals surface area contributed by atoms with Gasteiger partial charge in [-0.15, -0.1) is 0 Å². The molecule has 1 heterocycles. The normalized spacial score (nSPS) is 15.1. The van der Waals surface area contributed by atoms with Gasteiger partial charge in [0.1, 0.15) is 6.10 Å². The van der Waals surface area contributed by atoms with Crippen LogP contribution in [0.4, 0.5) is 17.1 Å². The first-order valence-corrected chi connectivity index (χ1v) is 11.6. The van der Waals surface area contributed by atoms with E-state index in [1.54, 1.807) is 36.4 Å². The predicted octanol–water partition coefficient (Wildman–Crippen LogP) is 5.82. The minimum atomic E-state index is -1.01. The Hall–Kier alpha value is -3.42. The third kappa shape index (κ3) is 5.21. The van der Waals surface area contributed by atoms with E-state index in [-0.39, 0.29) is 11.3 Å². The molecule has 2 N–H and O–H groups in total. The first-order chi connectivity index (χ1) is 16.3. The van der Waals surface area contributed by atoms with Crippen LogP contribution in [-0.2, 0) is 0 Å². The summed E-state index contributed by atoms with van der Waals surface area (Å²) in [6.45, 7) is 3.75.